The first-order valence-corrected chi connectivity index (χ1v) is 8.94. The van der Waals surface area contributed by atoms with Gasteiger partial charge in [-0.15, -0.1) is 0 Å². The first kappa shape index (κ1) is 18.0. The van der Waals surface area contributed by atoms with Gasteiger partial charge in [-0.05, 0) is 44.1 Å². The Labute approximate surface area is 127 Å². The van der Waals surface area contributed by atoms with E-state index in [0.29, 0.717) is 17.6 Å². The molecule has 1 fully saturated rings. The van der Waals surface area contributed by atoms with Gasteiger partial charge in [-0.1, -0.05) is 53.4 Å². The second kappa shape index (κ2) is 9.78. The van der Waals surface area contributed by atoms with E-state index in [0.717, 1.165) is 13.2 Å². The number of rotatable bonds is 10. The summed E-state index contributed by atoms with van der Waals surface area (Å²) in [7, 11) is 0. The van der Waals surface area contributed by atoms with Crippen molar-refractivity contribution in [2.24, 2.45) is 5.41 Å². The molecule has 0 saturated heterocycles. The molecule has 1 saturated carbocycles. The molecule has 0 aromatic rings. The molecule has 0 spiro atoms. The van der Waals surface area contributed by atoms with Crippen molar-refractivity contribution >= 4 is 0 Å². The SMILES string of the molecule is CCCCCCCOC1CC(C)(C)CCC1NCCC. The molecule has 2 unspecified atom stereocenters. The van der Waals surface area contributed by atoms with Gasteiger partial charge in [0.2, 0.25) is 0 Å². The van der Waals surface area contributed by atoms with Crippen molar-refractivity contribution in [1.29, 1.82) is 0 Å². The lowest BCUT2D eigenvalue weighted by Crippen LogP contribution is -2.48. The van der Waals surface area contributed by atoms with Crippen LogP contribution in [0, 0.1) is 5.41 Å². The minimum Gasteiger partial charge on any atom is -0.377 e. The summed E-state index contributed by atoms with van der Waals surface area (Å²) in [6.45, 7) is 11.4. The summed E-state index contributed by atoms with van der Waals surface area (Å²) < 4.78 is 6.25. The lowest BCUT2D eigenvalue weighted by Gasteiger charge is -2.41. The molecule has 2 heteroatoms. The number of unbranched alkanes of at least 4 members (excludes halogenated alkanes) is 4. The van der Waals surface area contributed by atoms with Crippen LogP contribution < -0.4 is 5.32 Å². The highest BCUT2D eigenvalue weighted by Crippen LogP contribution is 2.36. The lowest BCUT2D eigenvalue weighted by atomic mass is 9.74. The topological polar surface area (TPSA) is 21.3 Å². The normalized spacial score (nSPS) is 25.8. The Kier molecular flexibility index (Phi) is 8.79. The van der Waals surface area contributed by atoms with Gasteiger partial charge in [0.25, 0.3) is 0 Å². The summed E-state index contributed by atoms with van der Waals surface area (Å²) in [5, 5.41) is 3.70. The second-order valence-corrected chi connectivity index (χ2v) is 7.29. The average Bonchev–Trinajstić information content (AvgIpc) is 2.41. The fourth-order valence-corrected chi connectivity index (χ4v) is 3.20. The predicted molar refractivity (Wildman–Crippen MR) is 88.2 cm³/mol. The van der Waals surface area contributed by atoms with Crippen LogP contribution in [0.1, 0.15) is 85.5 Å². The predicted octanol–water partition coefficient (Wildman–Crippen LogP) is 4.92. The zero-order valence-electron chi connectivity index (χ0n) is 14.3. The van der Waals surface area contributed by atoms with Crippen LogP contribution in [0.5, 0.6) is 0 Å². The van der Waals surface area contributed by atoms with E-state index in [1.807, 2.05) is 0 Å². The van der Waals surface area contributed by atoms with E-state index >= 15 is 0 Å². The van der Waals surface area contributed by atoms with E-state index in [2.05, 4.69) is 33.0 Å². The summed E-state index contributed by atoms with van der Waals surface area (Å²) in [6, 6.07) is 0.582. The summed E-state index contributed by atoms with van der Waals surface area (Å²) in [4.78, 5) is 0. The Morgan fingerprint density at radius 2 is 1.80 bits per heavy atom. The van der Waals surface area contributed by atoms with Crippen LogP contribution in [0.25, 0.3) is 0 Å². The van der Waals surface area contributed by atoms with Crippen molar-refractivity contribution in [3.63, 3.8) is 0 Å². The molecule has 2 atom stereocenters. The summed E-state index contributed by atoms with van der Waals surface area (Å²) >= 11 is 0. The van der Waals surface area contributed by atoms with Crippen molar-refractivity contribution in [3.05, 3.63) is 0 Å². The molecule has 1 N–H and O–H groups in total. The standard InChI is InChI=1S/C18H37NO/c1-5-7-8-9-10-14-20-17-15-18(3,4)12-11-16(17)19-13-6-2/h16-17,19H,5-15H2,1-4H3. The van der Waals surface area contributed by atoms with Gasteiger partial charge in [0.05, 0.1) is 6.10 Å². The van der Waals surface area contributed by atoms with Crippen molar-refractivity contribution in [2.45, 2.75) is 97.6 Å². The summed E-state index contributed by atoms with van der Waals surface area (Å²) in [5.41, 5.74) is 0.456. The van der Waals surface area contributed by atoms with Gasteiger partial charge in [0, 0.05) is 12.6 Å². The van der Waals surface area contributed by atoms with Crippen molar-refractivity contribution in [1.82, 2.24) is 5.32 Å². The van der Waals surface area contributed by atoms with E-state index in [-0.39, 0.29) is 0 Å². The van der Waals surface area contributed by atoms with Crippen LogP contribution in [0.2, 0.25) is 0 Å². The molecule has 0 aromatic heterocycles. The molecule has 0 amide bonds. The molecule has 120 valence electrons. The molecule has 0 aromatic carbocycles. The molecular formula is C18H37NO. The van der Waals surface area contributed by atoms with Gasteiger partial charge >= 0.3 is 0 Å². The molecular weight excluding hydrogens is 246 g/mol. The van der Waals surface area contributed by atoms with Crippen molar-refractivity contribution in [2.75, 3.05) is 13.2 Å². The van der Waals surface area contributed by atoms with E-state index in [4.69, 9.17) is 4.74 Å². The molecule has 0 aliphatic heterocycles. The number of nitrogens with one attached hydrogen (secondary N) is 1. The fourth-order valence-electron chi connectivity index (χ4n) is 3.20. The Morgan fingerprint density at radius 3 is 2.50 bits per heavy atom. The van der Waals surface area contributed by atoms with E-state index in [1.165, 1.54) is 57.8 Å². The maximum absolute atomic E-state index is 6.25. The van der Waals surface area contributed by atoms with Gasteiger partial charge in [-0.3, -0.25) is 0 Å². The van der Waals surface area contributed by atoms with Crippen LogP contribution >= 0.6 is 0 Å². The monoisotopic (exact) mass is 283 g/mol. The van der Waals surface area contributed by atoms with Gasteiger partial charge in [0.1, 0.15) is 0 Å². The molecule has 1 rings (SSSR count). The molecule has 1 aliphatic rings. The Hall–Kier alpha value is -0.0800. The maximum Gasteiger partial charge on any atom is 0.0733 e. The zero-order valence-corrected chi connectivity index (χ0v) is 14.3. The smallest absolute Gasteiger partial charge is 0.0733 e. The highest BCUT2D eigenvalue weighted by Gasteiger charge is 2.34. The van der Waals surface area contributed by atoms with Gasteiger partial charge in [-0.25, -0.2) is 0 Å². The maximum atomic E-state index is 6.25. The van der Waals surface area contributed by atoms with E-state index in [1.54, 1.807) is 0 Å². The number of hydrogen-bond donors (Lipinski definition) is 1. The second-order valence-electron chi connectivity index (χ2n) is 7.29. The van der Waals surface area contributed by atoms with Crippen molar-refractivity contribution < 1.29 is 4.74 Å². The number of ether oxygens (including phenoxy) is 1. The van der Waals surface area contributed by atoms with E-state index in [9.17, 15) is 0 Å². The van der Waals surface area contributed by atoms with Crippen molar-refractivity contribution in [3.8, 4) is 0 Å². The summed E-state index contributed by atoms with van der Waals surface area (Å²) in [6.07, 6.45) is 12.1. The van der Waals surface area contributed by atoms with Crippen LogP contribution in [-0.4, -0.2) is 25.3 Å². The largest absolute Gasteiger partial charge is 0.377 e. The highest BCUT2D eigenvalue weighted by atomic mass is 16.5. The third-order valence-corrected chi connectivity index (χ3v) is 4.57. The third-order valence-electron chi connectivity index (χ3n) is 4.57. The quantitative estimate of drug-likeness (QED) is 0.575. The van der Waals surface area contributed by atoms with Gasteiger partial charge in [0.15, 0.2) is 0 Å². The minimum atomic E-state index is 0.427. The Bertz CT molecular complexity index is 240. The lowest BCUT2D eigenvalue weighted by molar-refractivity contribution is -0.0293. The number of hydrogen-bond acceptors (Lipinski definition) is 2. The average molecular weight is 284 g/mol. The van der Waals surface area contributed by atoms with Crippen LogP contribution in [0.4, 0.5) is 0 Å². The zero-order chi connectivity index (χ0) is 14.8. The molecule has 1 aliphatic carbocycles. The van der Waals surface area contributed by atoms with Crippen LogP contribution in [-0.2, 0) is 4.74 Å². The fraction of sp³-hybridized carbons (Fsp3) is 1.00. The molecule has 2 nitrogen and oxygen atoms in total. The molecule has 20 heavy (non-hydrogen) atoms. The molecule has 0 bridgehead atoms. The molecule has 0 radical (unpaired) electrons. The summed E-state index contributed by atoms with van der Waals surface area (Å²) in [5.74, 6) is 0. The van der Waals surface area contributed by atoms with Crippen LogP contribution in [0.15, 0.2) is 0 Å². The van der Waals surface area contributed by atoms with Crippen LogP contribution in [0.3, 0.4) is 0 Å². The van der Waals surface area contributed by atoms with Gasteiger partial charge in [-0.2, -0.15) is 0 Å². The first-order valence-electron chi connectivity index (χ1n) is 8.94. The van der Waals surface area contributed by atoms with Gasteiger partial charge < -0.3 is 10.1 Å². The Morgan fingerprint density at radius 1 is 1.05 bits per heavy atom. The Balaban J connectivity index is 2.28. The highest BCUT2D eigenvalue weighted by molar-refractivity contribution is 4.89. The van der Waals surface area contributed by atoms with E-state index < -0.39 is 0 Å². The molecule has 0 heterocycles. The third kappa shape index (κ3) is 7.08. The minimum absolute atomic E-state index is 0.427. The first-order chi connectivity index (χ1) is 9.59.